The van der Waals surface area contributed by atoms with Crippen LogP contribution in [0.5, 0.6) is 0 Å². The first-order chi connectivity index (χ1) is 7.41. The Hall–Kier alpha value is 1.90. The molecule has 0 spiro atoms. The minimum atomic E-state index is -5.68. The molecule has 20 heteroatoms. The first-order valence-corrected chi connectivity index (χ1v) is 8.76. The van der Waals surface area contributed by atoms with E-state index in [0.29, 0.717) is 0 Å². The van der Waals surface area contributed by atoms with E-state index in [0.717, 1.165) is 0 Å². The standard InChI is InChI=1S/2H4O7P2.2Pt/c2*1-8(2,3)7-9(4,5)6;;/h2*(H2,1,2,3)(H2,4,5,6);;/q;;2*+4/p-8. The van der Waals surface area contributed by atoms with Crippen molar-refractivity contribution in [2.24, 2.45) is 0 Å². The van der Waals surface area contributed by atoms with Crippen LogP contribution in [0.2, 0.25) is 0 Å². The molecule has 0 amide bonds. The van der Waals surface area contributed by atoms with Gasteiger partial charge in [0.25, 0.3) is 0 Å². The van der Waals surface area contributed by atoms with Crippen molar-refractivity contribution >= 4 is 31.3 Å². The van der Waals surface area contributed by atoms with Gasteiger partial charge in [-0.15, -0.1) is 0 Å². The SMILES string of the molecule is O=P([O-])([O-])OP(=O)([O-])[O-].O=P([O-])([O-])OP(=O)([O-])[O-].[Pt+4].[Pt+4]. The van der Waals surface area contributed by atoms with E-state index >= 15 is 0 Å². The van der Waals surface area contributed by atoms with Crippen LogP contribution >= 0.6 is 31.3 Å². The van der Waals surface area contributed by atoms with Crippen molar-refractivity contribution in [1.29, 1.82) is 0 Å². The van der Waals surface area contributed by atoms with Gasteiger partial charge < -0.3 is 66.0 Å². The molecular weight excluding hydrogens is 738 g/mol. The van der Waals surface area contributed by atoms with Crippen LogP contribution in [-0.4, -0.2) is 0 Å². The van der Waals surface area contributed by atoms with Gasteiger partial charge in [0.15, 0.2) is 0 Å². The van der Waals surface area contributed by atoms with Crippen LogP contribution in [-0.2, 0) is 69.0 Å². The zero-order chi connectivity index (χ0) is 15.4. The zero-order valence-corrected chi connectivity index (χ0v) is 16.3. The van der Waals surface area contributed by atoms with Crippen molar-refractivity contribution < 1.29 is 108 Å². The Morgan fingerprint density at radius 2 is 0.550 bits per heavy atom. The van der Waals surface area contributed by atoms with Crippen molar-refractivity contribution in [3.63, 3.8) is 0 Å². The summed E-state index contributed by atoms with van der Waals surface area (Å²) >= 11 is 0. The van der Waals surface area contributed by atoms with E-state index in [9.17, 15) is 57.4 Å². The molecule has 0 radical (unpaired) electrons. The fourth-order valence-corrected chi connectivity index (χ4v) is 2.20. The van der Waals surface area contributed by atoms with Crippen LogP contribution in [0.4, 0.5) is 0 Å². The normalized spacial score (nSPS) is 12.4. The van der Waals surface area contributed by atoms with Crippen LogP contribution in [0.1, 0.15) is 0 Å². The number of phosphoric acid groups is 4. The summed E-state index contributed by atoms with van der Waals surface area (Å²) in [6.45, 7) is 0. The Morgan fingerprint density at radius 3 is 0.550 bits per heavy atom. The molecule has 0 N–H and O–H groups in total. The molecule has 20 heavy (non-hydrogen) atoms. The van der Waals surface area contributed by atoms with Crippen molar-refractivity contribution in [3.05, 3.63) is 0 Å². The Labute approximate surface area is 139 Å². The topological polar surface area (TPSA) is 271 Å². The third-order valence-electron chi connectivity index (χ3n) is 0.400. The number of rotatable bonds is 4. The fraction of sp³-hybridized carbons (Fsp3) is 0. The van der Waals surface area contributed by atoms with Crippen molar-refractivity contribution in [2.75, 3.05) is 0 Å². The predicted octanol–water partition coefficient (Wildman–Crippen LogP) is -6.68. The second-order valence-electron chi connectivity index (χ2n) is 1.95. The second kappa shape index (κ2) is 10.6. The maximum atomic E-state index is 9.32. The number of hydrogen-bond acceptors (Lipinski definition) is 14. The van der Waals surface area contributed by atoms with Crippen molar-refractivity contribution in [3.8, 4) is 0 Å². The molecule has 0 saturated heterocycles. The third kappa shape index (κ3) is 36.8. The van der Waals surface area contributed by atoms with E-state index in [1.807, 2.05) is 0 Å². The maximum Gasteiger partial charge on any atom is 4.00 e. The molecule has 0 saturated carbocycles. The minimum absolute atomic E-state index is 0. The fourth-order valence-electron chi connectivity index (χ4n) is 0.245. The first kappa shape index (κ1) is 29.9. The molecule has 0 bridgehead atoms. The molecule has 0 aromatic rings. The monoisotopic (exact) mass is 738 g/mol. The van der Waals surface area contributed by atoms with Gasteiger partial charge >= 0.3 is 42.1 Å². The van der Waals surface area contributed by atoms with Crippen LogP contribution in [0.15, 0.2) is 0 Å². The molecule has 0 aliphatic rings. The van der Waals surface area contributed by atoms with Gasteiger partial charge in [0, 0.05) is 0 Å². The Bertz CT molecular complexity index is 346. The number of hydrogen-bond donors (Lipinski definition) is 0. The summed E-state index contributed by atoms with van der Waals surface area (Å²) in [5.41, 5.74) is 0. The molecular formula is O14P4Pt2. The molecule has 124 valence electrons. The molecule has 0 aliphatic carbocycles. The summed E-state index contributed by atoms with van der Waals surface area (Å²) in [6, 6.07) is 0. The molecule has 0 aromatic carbocycles. The molecule has 0 fully saturated rings. The molecule has 0 aliphatic heterocycles. The van der Waals surface area contributed by atoms with Gasteiger partial charge in [-0.3, -0.25) is 0 Å². The van der Waals surface area contributed by atoms with E-state index in [2.05, 4.69) is 8.62 Å². The molecule has 0 atom stereocenters. The average molecular weight is 738 g/mol. The maximum absolute atomic E-state index is 9.32. The zero-order valence-electron chi connectivity index (χ0n) is 8.14. The summed E-state index contributed by atoms with van der Waals surface area (Å²) in [5, 5.41) is 0. The Kier molecular flexibility index (Phi) is 15.9. The van der Waals surface area contributed by atoms with Crippen LogP contribution in [0.3, 0.4) is 0 Å². The predicted molar refractivity (Wildman–Crippen MR) is 32.6 cm³/mol. The van der Waals surface area contributed by atoms with Gasteiger partial charge in [-0.05, 0) is 0 Å². The second-order valence-corrected chi connectivity index (χ2v) is 6.84. The summed E-state index contributed by atoms with van der Waals surface area (Å²) < 4.78 is 42.3. The average Bonchev–Trinajstić information content (AvgIpc) is 1.64. The van der Waals surface area contributed by atoms with Crippen molar-refractivity contribution in [2.45, 2.75) is 0 Å². The van der Waals surface area contributed by atoms with Crippen LogP contribution in [0, 0.1) is 0 Å². The Balaban J connectivity index is -0.000000116. The summed E-state index contributed by atoms with van der Waals surface area (Å²) in [4.78, 5) is 74.6. The van der Waals surface area contributed by atoms with Crippen LogP contribution < -0.4 is 39.1 Å². The van der Waals surface area contributed by atoms with Crippen molar-refractivity contribution in [1.82, 2.24) is 0 Å². The van der Waals surface area contributed by atoms with Gasteiger partial charge in [0.1, 0.15) is 0 Å². The van der Waals surface area contributed by atoms with Gasteiger partial charge in [-0.2, -0.15) is 0 Å². The molecule has 0 unspecified atom stereocenters. The van der Waals surface area contributed by atoms with E-state index in [1.54, 1.807) is 0 Å². The van der Waals surface area contributed by atoms with Gasteiger partial charge in [-0.25, -0.2) is 0 Å². The quantitative estimate of drug-likeness (QED) is 0.243. The van der Waals surface area contributed by atoms with E-state index in [1.165, 1.54) is 0 Å². The van der Waals surface area contributed by atoms with Crippen LogP contribution in [0.25, 0.3) is 0 Å². The summed E-state index contributed by atoms with van der Waals surface area (Å²) in [6.07, 6.45) is 0. The smallest absolute Gasteiger partial charge is 0.790 e. The minimum Gasteiger partial charge on any atom is -0.790 e. The molecule has 14 nitrogen and oxygen atoms in total. The van der Waals surface area contributed by atoms with Gasteiger partial charge in [0.2, 0.25) is 0 Å². The first-order valence-electron chi connectivity index (χ1n) is 2.92. The molecule has 0 heterocycles. The van der Waals surface area contributed by atoms with Gasteiger partial charge in [-0.1, -0.05) is 0 Å². The summed E-state index contributed by atoms with van der Waals surface area (Å²) in [5.74, 6) is 0. The van der Waals surface area contributed by atoms with E-state index in [4.69, 9.17) is 0 Å². The van der Waals surface area contributed by atoms with E-state index in [-0.39, 0.29) is 42.1 Å². The molecule has 0 aromatic heterocycles. The Morgan fingerprint density at radius 1 is 0.450 bits per heavy atom. The largest absolute Gasteiger partial charge is 4.00 e. The third-order valence-corrected chi connectivity index (χ3v) is 3.60. The van der Waals surface area contributed by atoms with E-state index < -0.39 is 31.3 Å². The van der Waals surface area contributed by atoms with Gasteiger partial charge in [0.05, 0.1) is 31.3 Å². The summed E-state index contributed by atoms with van der Waals surface area (Å²) in [7, 11) is -22.7. The molecule has 0 rings (SSSR count).